The average molecular weight is 447 g/mol. The van der Waals surface area contributed by atoms with Crippen molar-refractivity contribution >= 4 is 22.4 Å². The molecule has 1 aliphatic heterocycles. The van der Waals surface area contributed by atoms with Gasteiger partial charge in [0.1, 0.15) is 0 Å². The van der Waals surface area contributed by atoms with Crippen molar-refractivity contribution < 1.29 is 27.8 Å². The van der Waals surface area contributed by atoms with Gasteiger partial charge in [0.15, 0.2) is 5.13 Å². The first kappa shape index (κ1) is 22.5. The molecule has 2 N–H and O–H groups in total. The number of carbonyl (C=O) groups is 1. The number of hydrogen-bond acceptors (Lipinski definition) is 7. The van der Waals surface area contributed by atoms with Crippen LogP contribution in [-0.2, 0) is 23.1 Å². The number of halogens is 3. The molecule has 0 spiro atoms. The van der Waals surface area contributed by atoms with Crippen LogP contribution >= 0.6 is 11.3 Å². The highest BCUT2D eigenvalue weighted by Gasteiger charge is 2.38. The Morgan fingerprint density at radius 2 is 2.17 bits per heavy atom. The molecule has 2 aromatic rings. The normalized spacial score (nSPS) is 19.8. The fourth-order valence-corrected chi connectivity index (χ4v) is 3.73. The van der Waals surface area contributed by atoms with Crippen molar-refractivity contribution in [2.24, 2.45) is 13.0 Å². The molecule has 1 saturated carbocycles. The molecule has 2 fully saturated rings. The highest BCUT2D eigenvalue weighted by molar-refractivity contribution is 7.13. The third-order valence-electron chi connectivity index (χ3n) is 4.73. The van der Waals surface area contributed by atoms with Crippen LogP contribution in [0.4, 0.5) is 18.3 Å². The predicted octanol–water partition coefficient (Wildman–Crippen LogP) is 2.91. The summed E-state index contributed by atoms with van der Waals surface area (Å²) in [5.74, 6) is -1.89. The number of rotatable bonds is 6. The molecule has 30 heavy (non-hydrogen) atoms. The summed E-state index contributed by atoms with van der Waals surface area (Å²) in [6.07, 6.45) is 1.66. The smallest absolute Gasteiger partial charge is 0.475 e. The van der Waals surface area contributed by atoms with Gasteiger partial charge in [-0.25, -0.2) is 9.78 Å². The van der Waals surface area contributed by atoms with Crippen LogP contribution in [0.3, 0.4) is 0 Å². The number of morpholine rings is 1. The summed E-state index contributed by atoms with van der Waals surface area (Å²) in [6.45, 7) is 4.39. The highest BCUT2D eigenvalue weighted by Crippen LogP contribution is 2.31. The molecule has 0 bridgehead atoms. The number of hydrogen-bond donors (Lipinski definition) is 2. The second-order valence-electron chi connectivity index (χ2n) is 7.29. The largest absolute Gasteiger partial charge is 0.490 e. The summed E-state index contributed by atoms with van der Waals surface area (Å²) in [6, 6.07) is 0.233. The van der Waals surface area contributed by atoms with E-state index in [0.717, 1.165) is 43.0 Å². The maximum Gasteiger partial charge on any atom is 0.490 e. The number of aliphatic carboxylic acids is 1. The maximum absolute atomic E-state index is 10.6. The van der Waals surface area contributed by atoms with Gasteiger partial charge in [0.05, 0.1) is 31.1 Å². The van der Waals surface area contributed by atoms with Gasteiger partial charge in [0.2, 0.25) is 0 Å². The minimum Gasteiger partial charge on any atom is -0.475 e. The molecule has 1 atom stereocenters. The number of alkyl halides is 3. The zero-order valence-electron chi connectivity index (χ0n) is 16.4. The summed E-state index contributed by atoms with van der Waals surface area (Å²) >= 11 is 1.70. The Kier molecular flexibility index (Phi) is 7.32. The topological polar surface area (TPSA) is 92.5 Å². The summed E-state index contributed by atoms with van der Waals surface area (Å²) in [5, 5.41) is 18.1. The lowest BCUT2D eigenvalue weighted by Gasteiger charge is -2.34. The molecule has 3 heterocycles. The monoisotopic (exact) mass is 447 g/mol. The van der Waals surface area contributed by atoms with Crippen LogP contribution in [-0.4, -0.2) is 63.2 Å². The van der Waals surface area contributed by atoms with Gasteiger partial charge in [-0.3, -0.25) is 9.58 Å². The number of thiazole rings is 1. The molecule has 4 rings (SSSR count). The predicted molar refractivity (Wildman–Crippen MR) is 104 cm³/mol. The van der Waals surface area contributed by atoms with Gasteiger partial charge in [0.25, 0.3) is 0 Å². The van der Waals surface area contributed by atoms with Crippen molar-refractivity contribution in [3.63, 3.8) is 0 Å². The molecule has 2 aromatic heterocycles. The standard InChI is InChI=1S/C16H23N5OS.C2HF3O2/c1-20-8-13(7-18-20)9-21-4-5-22-10-15(21)14-11-23-16(19-14)17-6-12-2-3-12;3-2(4,5)1(6)7/h7-8,11-12,15H,2-6,9-10H2,1H3,(H,17,19);(H,6,7). The lowest BCUT2D eigenvalue weighted by Crippen LogP contribution is -2.39. The second-order valence-corrected chi connectivity index (χ2v) is 8.15. The maximum atomic E-state index is 10.6. The molecule has 1 saturated heterocycles. The van der Waals surface area contributed by atoms with Gasteiger partial charge in [-0.2, -0.15) is 18.3 Å². The molecular weight excluding hydrogens is 423 g/mol. The van der Waals surface area contributed by atoms with E-state index in [4.69, 9.17) is 19.6 Å². The second kappa shape index (κ2) is 9.75. The minimum atomic E-state index is -5.08. The summed E-state index contributed by atoms with van der Waals surface area (Å²) < 4.78 is 39.3. The van der Waals surface area contributed by atoms with E-state index in [1.165, 1.54) is 18.4 Å². The summed E-state index contributed by atoms with van der Waals surface area (Å²) in [7, 11) is 1.96. The number of aromatic nitrogens is 3. The van der Waals surface area contributed by atoms with Gasteiger partial charge >= 0.3 is 12.1 Å². The zero-order valence-corrected chi connectivity index (χ0v) is 17.2. The summed E-state index contributed by atoms with van der Waals surface area (Å²) in [4.78, 5) is 16.1. The molecule has 2 aliphatic rings. The molecular formula is C18H24F3N5O3S. The van der Waals surface area contributed by atoms with E-state index in [9.17, 15) is 13.2 Å². The molecule has 1 aliphatic carbocycles. The van der Waals surface area contributed by atoms with Crippen molar-refractivity contribution in [2.75, 3.05) is 31.6 Å². The first-order valence-corrected chi connectivity index (χ1v) is 10.4. The molecule has 12 heteroatoms. The molecule has 166 valence electrons. The Morgan fingerprint density at radius 3 is 2.77 bits per heavy atom. The SMILES string of the molecule is Cn1cc(CN2CCOCC2c2csc(NCC3CC3)n2)cn1.O=C(O)C(F)(F)F. The van der Waals surface area contributed by atoms with Crippen LogP contribution in [0, 0.1) is 5.92 Å². The quantitative estimate of drug-likeness (QED) is 0.703. The van der Waals surface area contributed by atoms with Gasteiger partial charge in [0, 0.05) is 43.8 Å². The van der Waals surface area contributed by atoms with Gasteiger partial charge < -0.3 is 15.2 Å². The number of nitrogens with one attached hydrogen (secondary N) is 1. The van der Waals surface area contributed by atoms with E-state index < -0.39 is 12.1 Å². The van der Waals surface area contributed by atoms with E-state index in [1.807, 2.05) is 17.9 Å². The van der Waals surface area contributed by atoms with Crippen LogP contribution in [0.15, 0.2) is 17.8 Å². The van der Waals surface area contributed by atoms with Crippen LogP contribution < -0.4 is 5.32 Å². The molecule has 0 radical (unpaired) electrons. The zero-order chi connectivity index (χ0) is 21.7. The van der Waals surface area contributed by atoms with Crippen LogP contribution in [0.25, 0.3) is 0 Å². The van der Waals surface area contributed by atoms with Crippen molar-refractivity contribution in [1.29, 1.82) is 0 Å². The van der Waals surface area contributed by atoms with Crippen LogP contribution in [0.2, 0.25) is 0 Å². The van der Waals surface area contributed by atoms with Gasteiger partial charge in [-0.05, 0) is 18.8 Å². The molecule has 8 nitrogen and oxygen atoms in total. The van der Waals surface area contributed by atoms with Gasteiger partial charge in [-0.15, -0.1) is 11.3 Å². The number of carboxylic acids is 1. The number of carboxylic acid groups (broad SMARTS) is 1. The molecule has 1 unspecified atom stereocenters. The first-order valence-electron chi connectivity index (χ1n) is 9.51. The summed E-state index contributed by atoms with van der Waals surface area (Å²) in [5.41, 5.74) is 2.36. The van der Waals surface area contributed by atoms with Crippen molar-refractivity contribution in [3.8, 4) is 0 Å². The first-order chi connectivity index (χ1) is 14.2. The fraction of sp³-hybridized carbons (Fsp3) is 0.611. The lowest BCUT2D eigenvalue weighted by atomic mass is 10.1. The lowest BCUT2D eigenvalue weighted by molar-refractivity contribution is -0.192. The Labute approximate surface area is 175 Å². The van der Waals surface area contributed by atoms with E-state index in [1.54, 1.807) is 11.3 Å². The van der Waals surface area contributed by atoms with Crippen LogP contribution in [0.5, 0.6) is 0 Å². The third kappa shape index (κ3) is 6.67. The number of anilines is 1. The molecule has 0 aromatic carbocycles. The van der Waals surface area contributed by atoms with E-state index in [0.29, 0.717) is 6.61 Å². The highest BCUT2D eigenvalue weighted by atomic mass is 32.1. The fourth-order valence-electron chi connectivity index (χ4n) is 2.96. The van der Waals surface area contributed by atoms with E-state index in [2.05, 4.69) is 26.9 Å². The molecule has 0 amide bonds. The average Bonchev–Trinajstić information content (AvgIpc) is 3.25. The number of aryl methyl sites for hydroxylation is 1. The van der Waals surface area contributed by atoms with Crippen molar-refractivity contribution in [2.45, 2.75) is 31.6 Å². The third-order valence-corrected chi connectivity index (χ3v) is 5.55. The number of ether oxygens (including phenoxy) is 1. The Hall–Kier alpha value is -2.18. The Balaban J connectivity index is 0.000000318. The van der Waals surface area contributed by atoms with Crippen molar-refractivity contribution in [3.05, 3.63) is 29.0 Å². The van der Waals surface area contributed by atoms with Gasteiger partial charge in [-0.1, -0.05) is 0 Å². The number of nitrogens with zero attached hydrogens (tertiary/aromatic N) is 4. The van der Waals surface area contributed by atoms with Crippen LogP contribution in [0.1, 0.15) is 30.1 Å². The van der Waals surface area contributed by atoms with Crippen molar-refractivity contribution in [1.82, 2.24) is 19.7 Å². The Morgan fingerprint density at radius 1 is 1.43 bits per heavy atom. The van der Waals surface area contributed by atoms with E-state index >= 15 is 0 Å². The van der Waals surface area contributed by atoms with E-state index in [-0.39, 0.29) is 6.04 Å². The minimum absolute atomic E-state index is 0.233. The Bertz CT molecular complexity index is 837.